The molecule has 1 unspecified atom stereocenters. The van der Waals surface area contributed by atoms with Crippen molar-refractivity contribution in [2.45, 2.75) is 32.7 Å². The maximum absolute atomic E-state index is 12.0. The van der Waals surface area contributed by atoms with E-state index < -0.39 is 0 Å². The molecule has 20 heavy (non-hydrogen) atoms. The number of likely N-dealkylation sites (N-methyl/N-ethyl adjacent to an activating group) is 1. The fourth-order valence-electron chi connectivity index (χ4n) is 2.95. The summed E-state index contributed by atoms with van der Waals surface area (Å²) in [6.45, 7) is 11.2. The average Bonchev–Trinajstić information content (AvgIpc) is 2.39. The fraction of sp³-hybridized carbons (Fsp3) is 0.933. The lowest BCUT2D eigenvalue weighted by molar-refractivity contribution is -0.150. The van der Waals surface area contributed by atoms with Crippen LogP contribution in [-0.2, 0) is 14.3 Å². The van der Waals surface area contributed by atoms with Crippen LogP contribution in [0.4, 0.5) is 0 Å². The average molecular weight is 286 g/mol. The zero-order chi connectivity index (χ0) is 15.2. The van der Waals surface area contributed by atoms with Gasteiger partial charge in [-0.2, -0.15) is 0 Å². The summed E-state index contributed by atoms with van der Waals surface area (Å²) in [4.78, 5) is 16.8. The maximum Gasteiger partial charge on any atom is 0.307 e. The van der Waals surface area contributed by atoms with Crippen LogP contribution in [0.25, 0.3) is 0 Å². The first kappa shape index (κ1) is 17.4. The highest BCUT2D eigenvalue weighted by Crippen LogP contribution is 2.31. The molecule has 1 saturated heterocycles. The van der Waals surface area contributed by atoms with Crippen molar-refractivity contribution in [2.75, 3.05) is 53.6 Å². The van der Waals surface area contributed by atoms with Crippen LogP contribution in [0.15, 0.2) is 0 Å². The first-order chi connectivity index (χ1) is 9.46. The summed E-state index contributed by atoms with van der Waals surface area (Å²) in [7, 11) is 3.84. The number of esters is 1. The molecule has 1 atom stereocenters. The van der Waals surface area contributed by atoms with Gasteiger partial charge >= 0.3 is 5.97 Å². The molecule has 5 heteroatoms. The molecule has 0 bridgehead atoms. The van der Waals surface area contributed by atoms with Crippen molar-refractivity contribution >= 4 is 5.97 Å². The second-order valence-corrected chi connectivity index (χ2v) is 5.96. The normalized spacial score (nSPS) is 20.9. The molecule has 5 nitrogen and oxygen atoms in total. The third-order valence-electron chi connectivity index (χ3n) is 4.36. The van der Waals surface area contributed by atoms with E-state index in [2.05, 4.69) is 30.7 Å². The van der Waals surface area contributed by atoms with E-state index in [4.69, 9.17) is 9.47 Å². The molecule has 118 valence electrons. The lowest BCUT2D eigenvalue weighted by Crippen LogP contribution is -2.62. The third-order valence-corrected chi connectivity index (χ3v) is 4.36. The molecule has 0 N–H and O–H groups in total. The highest BCUT2D eigenvalue weighted by molar-refractivity contribution is 5.71. The van der Waals surface area contributed by atoms with Gasteiger partial charge in [0.25, 0.3) is 0 Å². The molecule has 0 aromatic heterocycles. The van der Waals surface area contributed by atoms with Crippen LogP contribution in [0.3, 0.4) is 0 Å². The summed E-state index contributed by atoms with van der Waals surface area (Å²) >= 11 is 0. The van der Waals surface area contributed by atoms with Crippen molar-refractivity contribution in [1.82, 2.24) is 9.80 Å². The second kappa shape index (κ2) is 7.96. The van der Waals surface area contributed by atoms with Crippen molar-refractivity contribution in [2.24, 2.45) is 5.92 Å². The number of hydrogen-bond donors (Lipinski definition) is 0. The SMILES string of the molecule is CCOC(=O)CC(COC)(C(C)C)N1CCN(C)CC1. The Kier molecular flexibility index (Phi) is 6.92. The monoisotopic (exact) mass is 286 g/mol. The van der Waals surface area contributed by atoms with Gasteiger partial charge in [-0.3, -0.25) is 9.69 Å². The maximum atomic E-state index is 12.0. The summed E-state index contributed by atoms with van der Waals surface area (Å²) in [6.07, 6.45) is 0.399. The van der Waals surface area contributed by atoms with Crippen molar-refractivity contribution in [3.63, 3.8) is 0 Å². The Morgan fingerprint density at radius 2 is 1.85 bits per heavy atom. The van der Waals surface area contributed by atoms with Gasteiger partial charge < -0.3 is 14.4 Å². The van der Waals surface area contributed by atoms with Crippen LogP contribution < -0.4 is 0 Å². The van der Waals surface area contributed by atoms with Gasteiger partial charge in [-0.15, -0.1) is 0 Å². The number of methoxy groups -OCH3 is 1. The van der Waals surface area contributed by atoms with E-state index in [0.717, 1.165) is 26.2 Å². The highest BCUT2D eigenvalue weighted by Gasteiger charge is 2.43. The molecular weight excluding hydrogens is 256 g/mol. The van der Waals surface area contributed by atoms with Gasteiger partial charge in [0.05, 0.1) is 25.2 Å². The summed E-state index contributed by atoms with van der Waals surface area (Å²) in [5, 5.41) is 0. The smallest absolute Gasteiger partial charge is 0.307 e. The Bertz CT molecular complexity index is 301. The molecule has 1 rings (SSSR count). The molecule has 0 aromatic rings. The van der Waals surface area contributed by atoms with Gasteiger partial charge in [-0.25, -0.2) is 0 Å². The summed E-state index contributed by atoms with van der Waals surface area (Å²) < 4.78 is 10.6. The van der Waals surface area contributed by atoms with Crippen LogP contribution >= 0.6 is 0 Å². The molecule has 1 aliphatic rings. The summed E-state index contributed by atoms with van der Waals surface area (Å²) in [6, 6.07) is 0. The van der Waals surface area contributed by atoms with E-state index in [-0.39, 0.29) is 11.5 Å². The molecular formula is C15H30N2O3. The van der Waals surface area contributed by atoms with E-state index >= 15 is 0 Å². The van der Waals surface area contributed by atoms with Crippen molar-refractivity contribution in [1.29, 1.82) is 0 Å². The topological polar surface area (TPSA) is 42.0 Å². The van der Waals surface area contributed by atoms with Gasteiger partial charge in [-0.1, -0.05) is 13.8 Å². The number of carbonyl (C=O) groups is 1. The molecule has 0 spiro atoms. The summed E-state index contributed by atoms with van der Waals surface area (Å²) in [5.74, 6) is 0.201. The second-order valence-electron chi connectivity index (χ2n) is 5.96. The van der Waals surface area contributed by atoms with Gasteiger partial charge in [0.1, 0.15) is 0 Å². The molecule has 0 saturated carbocycles. The largest absolute Gasteiger partial charge is 0.466 e. The number of piperazine rings is 1. The van der Waals surface area contributed by atoms with Gasteiger partial charge in [0, 0.05) is 33.3 Å². The number of carbonyl (C=O) groups excluding carboxylic acids is 1. The minimum Gasteiger partial charge on any atom is -0.466 e. The van der Waals surface area contributed by atoms with Crippen molar-refractivity contribution < 1.29 is 14.3 Å². The van der Waals surface area contributed by atoms with E-state index in [0.29, 0.717) is 25.6 Å². The first-order valence-corrected chi connectivity index (χ1v) is 7.54. The van der Waals surface area contributed by atoms with E-state index in [1.807, 2.05) is 6.92 Å². The number of ether oxygens (including phenoxy) is 2. The Morgan fingerprint density at radius 3 is 2.30 bits per heavy atom. The Labute approximate surface area is 123 Å². The van der Waals surface area contributed by atoms with E-state index in [1.165, 1.54) is 0 Å². The standard InChI is InChI=1S/C15H30N2O3/c1-6-20-14(18)11-15(12-19-5,13(2)3)17-9-7-16(4)8-10-17/h13H,6-12H2,1-5H3. The van der Waals surface area contributed by atoms with Crippen LogP contribution in [0.2, 0.25) is 0 Å². The number of hydrogen-bond acceptors (Lipinski definition) is 5. The molecule has 0 amide bonds. The van der Waals surface area contributed by atoms with Gasteiger partial charge in [0.2, 0.25) is 0 Å². The highest BCUT2D eigenvalue weighted by atomic mass is 16.5. The van der Waals surface area contributed by atoms with Crippen molar-refractivity contribution in [3.05, 3.63) is 0 Å². The molecule has 0 aromatic carbocycles. The first-order valence-electron chi connectivity index (χ1n) is 7.54. The lowest BCUT2D eigenvalue weighted by Gasteiger charge is -2.49. The van der Waals surface area contributed by atoms with E-state index in [9.17, 15) is 4.79 Å². The summed E-state index contributed by atoms with van der Waals surface area (Å²) in [5.41, 5.74) is -0.262. The minimum absolute atomic E-state index is 0.128. The minimum atomic E-state index is -0.262. The Balaban J connectivity index is 2.89. The number of rotatable bonds is 7. The molecule has 1 aliphatic heterocycles. The van der Waals surface area contributed by atoms with Gasteiger partial charge in [-0.05, 0) is 19.9 Å². The molecule has 1 fully saturated rings. The predicted octanol–water partition coefficient (Wildman–Crippen LogP) is 1.23. The number of nitrogens with zero attached hydrogens (tertiary/aromatic N) is 2. The molecule has 1 heterocycles. The zero-order valence-corrected chi connectivity index (χ0v) is 13.6. The van der Waals surface area contributed by atoms with Crippen LogP contribution in [-0.4, -0.2) is 74.9 Å². The molecule has 0 radical (unpaired) electrons. The van der Waals surface area contributed by atoms with Crippen LogP contribution in [0, 0.1) is 5.92 Å². The van der Waals surface area contributed by atoms with Crippen LogP contribution in [0.5, 0.6) is 0 Å². The quantitative estimate of drug-likeness (QED) is 0.659. The Morgan fingerprint density at radius 1 is 1.25 bits per heavy atom. The molecule has 0 aliphatic carbocycles. The van der Waals surface area contributed by atoms with Gasteiger partial charge in [0.15, 0.2) is 0 Å². The zero-order valence-electron chi connectivity index (χ0n) is 13.6. The fourth-order valence-corrected chi connectivity index (χ4v) is 2.95. The predicted molar refractivity (Wildman–Crippen MR) is 79.8 cm³/mol. The van der Waals surface area contributed by atoms with Crippen molar-refractivity contribution in [3.8, 4) is 0 Å². The Hall–Kier alpha value is -0.650. The van der Waals surface area contributed by atoms with E-state index in [1.54, 1.807) is 7.11 Å². The third kappa shape index (κ3) is 4.17. The lowest BCUT2D eigenvalue weighted by atomic mass is 9.81. The van der Waals surface area contributed by atoms with Crippen LogP contribution in [0.1, 0.15) is 27.2 Å².